The zero-order chi connectivity index (χ0) is 12.3. The van der Waals surface area contributed by atoms with Crippen LogP contribution >= 0.6 is 0 Å². The van der Waals surface area contributed by atoms with Crippen molar-refractivity contribution < 1.29 is 0 Å². The molecule has 1 fully saturated rings. The van der Waals surface area contributed by atoms with Crippen LogP contribution in [0.2, 0.25) is 0 Å². The molecule has 0 aromatic carbocycles. The third-order valence-electron chi connectivity index (χ3n) is 3.69. The standard InChI is InChI=1S/C13H22N4/c1-10-11(2)16-13(9-15-10)17-7-4-12(3-6-14)5-8-17/h9,12H,3-8,14H2,1-2H3. The fraction of sp³-hybridized carbons (Fsp3) is 0.692. The van der Waals surface area contributed by atoms with Crippen LogP contribution in [0.15, 0.2) is 6.20 Å². The highest BCUT2D eigenvalue weighted by molar-refractivity contribution is 5.37. The Morgan fingerprint density at radius 2 is 2.00 bits per heavy atom. The molecule has 94 valence electrons. The molecule has 4 nitrogen and oxygen atoms in total. The van der Waals surface area contributed by atoms with E-state index in [-0.39, 0.29) is 0 Å². The highest BCUT2D eigenvalue weighted by Gasteiger charge is 2.19. The lowest BCUT2D eigenvalue weighted by molar-refractivity contribution is 0.385. The van der Waals surface area contributed by atoms with Gasteiger partial charge in [-0.2, -0.15) is 0 Å². The first-order valence-corrected chi connectivity index (χ1v) is 6.46. The van der Waals surface area contributed by atoms with Crippen LogP contribution in [0.25, 0.3) is 0 Å². The fourth-order valence-corrected chi connectivity index (χ4v) is 2.37. The molecule has 2 heterocycles. The minimum Gasteiger partial charge on any atom is -0.355 e. The van der Waals surface area contributed by atoms with E-state index in [1.165, 1.54) is 12.8 Å². The quantitative estimate of drug-likeness (QED) is 0.864. The van der Waals surface area contributed by atoms with Gasteiger partial charge in [0.2, 0.25) is 0 Å². The maximum Gasteiger partial charge on any atom is 0.147 e. The van der Waals surface area contributed by atoms with Gasteiger partial charge in [-0.3, -0.25) is 4.98 Å². The molecule has 1 aliphatic rings. The molecule has 0 radical (unpaired) electrons. The lowest BCUT2D eigenvalue weighted by atomic mass is 9.94. The van der Waals surface area contributed by atoms with E-state index in [0.717, 1.165) is 49.2 Å². The van der Waals surface area contributed by atoms with Crippen molar-refractivity contribution in [3.8, 4) is 0 Å². The summed E-state index contributed by atoms with van der Waals surface area (Å²) in [6.45, 7) is 7.00. The van der Waals surface area contributed by atoms with Crippen molar-refractivity contribution in [3.63, 3.8) is 0 Å². The van der Waals surface area contributed by atoms with Gasteiger partial charge in [0.25, 0.3) is 0 Å². The Morgan fingerprint density at radius 3 is 2.59 bits per heavy atom. The summed E-state index contributed by atoms with van der Waals surface area (Å²) in [4.78, 5) is 11.3. The molecule has 2 rings (SSSR count). The topological polar surface area (TPSA) is 55.0 Å². The average Bonchev–Trinajstić information content (AvgIpc) is 2.34. The number of nitrogens with two attached hydrogens (primary N) is 1. The molecule has 0 spiro atoms. The largest absolute Gasteiger partial charge is 0.355 e. The maximum absolute atomic E-state index is 5.61. The summed E-state index contributed by atoms with van der Waals surface area (Å²) < 4.78 is 0. The van der Waals surface area contributed by atoms with Gasteiger partial charge in [0.15, 0.2) is 0 Å². The molecule has 4 heteroatoms. The second kappa shape index (κ2) is 5.45. The van der Waals surface area contributed by atoms with E-state index < -0.39 is 0 Å². The third kappa shape index (κ3) is 2.94. The maximum atomic E-state index is 5.61. The van der Waals surface area contributed by atoms with Crippen molar-refractivity contribution >= 4 is 5.82 Å². The molecule has 1 aromatic heterocycles. The summed E-state index contributed by atoms with van der Waals surface area (Å²) in [7, 11) is 0. The van der Waals surface area contributed by atoms with Gasteiger partial charge in [0.1, 0.15) is 5.82 Å². The van der Waals surface area contributed by atoms with E-state index in [0.29, 0.717) is 0 Å². The number of anilines is 1. The van der Waals surface area contributed by atoms with Gasteiger partial charge in [0.05, 0.1) is 17.6 Å². The second-order valence-corrected chi connectivity index (χ2v) is 4.91. The molecule has 0 aliphatic carbocycles. The molecular weight excluding hydrogens is 212 g/mol. The number of hydrogen-bond acceptors (Lipinski definition) is 4. The minimum atomic E-state index is 0.802. The molecule has 1 aromatic rings. The molecule has 0 atom stereocenters. The molecule has 0 unspecified atom stereocenters. The van der Waals surface area contributed by atoms with Gasteiger partial charge in [-0.05, 0) is 45.6 Å². The normalized spacial score (nSPS) is 17.5. The van der Waals surface area contributed by atoms with Crippen LogP contribution in [0.1, 0.15) is 30.7 Å². The highest BCUT2D eigenvalue weighted by atomic mass is 15.2. The summed E-state index contributed by atoms with van der Waals surface area (Å²) in [5.74, 6) is 1.83. The van der Waals surface area contributed by atoms with E-state index >= 15 is 0 Å². The SMILES string of the molecule is Cc1ncc(N2CCC(CCN)CC2)nc1C. The van der Waals surface area contributed by atoms with Crippen LogP contribution < -0.4 is 10.6 Å². The lowest BCUT2D eigenvalue weighted by Crippen LogP contribution is -2.35. The minimum absolute atomic E-state index is 0.802. The van der Waals surface area contributed by atoms with Crippen molar-refractivity contribution in [2.24, 2.45) is 11.7 Å². The first-order valence-electron chi connectivity index (χ1n) is 6.46. The third-order valence-corrected chi connectivity index (χ3v) is 3.69. The van der Waals surface area contributed by atoms with Crippen molar-refractivity contribution in [3.05, 3.63) is 17.6 Å². The molecule has 17 heavy (non-hydrogen) atoms. The number of nitrogens with zero attached hydrogens (tertiary/aromatic N) is 3. The zero-order valence-electron chi connectivity index (χ0n) is 10.8. The van der Waals surface area contributed by atoms with E-state index in [1.807, 2.05) is 20.0 Å². The molecule has 1 saturated heterocycles. The van der Waals surface area contributed by atoms with E-state index in [9.17, 15) is 0 Å². The van der Waals surface area contributed by atoms with Gasteiger partial charge < -0.3 is 10.6 Å². The summed E-state index contributed by atoms with van der Waals surface area (Å²) in [6, 6.07) is 0. The van der Waals surface area contributed by atoms with Crippen LogP contribution in [0.3, 0.4) is 0 Å². The Hall–Kier alpha value is -1.16. The lowest BCUT2D eigenvalue weighted by Gasteiger charge is -2.32. The van der Waals surface area contributed by atoms with Gasteiger partial charge in [-0.25, -0.2) is 4.98 Å². The Bertz CT molecular complexity index is 370. The van der Waals surface area contributed by atoms with Crippen molar-refractivity contribution in [2.45, 2.75) is 33.1 Å². The molecule has 1 aliphatic heterocycles. The van der Waals surface area contributed by atoms with Gasteiger partial charge in [0, 0.05) is 13.1 Å². The predicted molar refractivity (Wildman–Crippen MR) is 70.1 cm³/mol. The summed E-state index contributed by atoms with van der Waals surface area (Å²) >= 11 is 0. The fourth-order valence-electron chi connectivity index (χ4n) is 2.37. The summed E-state index contributed by atoms with van der Waals surface area (Å²) in [5, 5.41) is 0. The van der Waals surface area contributed by atoms with Crippen LogP contribution in [0, 0.1) is 19.8 Å². The van der Waals surface area contributed by atoms with Gasteiger partial charge in [-0.1, -0.05) is 0 Å². The number of aromatic nitrogens is 2. The van der Waals surface area contributed by atoms with Crippen molar-refractivity contribution in [1.29, 1.82) is 0 Å². The van der Waals surface area contributed by atoms with E-state index in [2.05, 4.69) is 14.9 Å². The van der Waals surface area contributed by atoms with Crippen molar-refractivity contribution in [1.82, 2.24) is 9.97 Å². The Kier molecular flexibility index (Phi) is 3.94. The molecule has 0 bridgehead atoms. The molecule has 2 N–H and O–H groups in total. The first kappa shape index (κ1) is 12.3. The van der Waals surface area contributed by atoms with Gasteiger partial charge in [-0.15, -0.1) is 0 Å². The van der Waals surface area contributed by atoms with Crippen LogP contribution in [-0.2, 0) is 0 Å². The Balaban J connectivity index is 1.98. The average molecular weight is 234 g/mol. The van der Waals surface area contributed by atoms with Gasteiger partial charge >= 0.3 is 0 Å². The smallest absolute Gasteiger partial charge is 0.147 e. The highest BCUT2D eigenvalue weighted by Crippen LogP contribution is 2.23. The molecule has 0 amide bonds. The predicted octanol–water partition coefficient (Wildman–Crippen LogP) is 1.66. The summed E-state index contributed by atoms with van der Waals surface area (Å²) in [6.07, 6.45) is 5.51. The zero-order valence-corrected chi connectivity index (χ0v) is 10.8. The van der Waals surface area contributed by atoms with Crippen LogP contribution in [0.4, 0.5) is 5.82 Å². The Morgan fingerprint density at radius 1 is 1.29 bits per heavy atom. The first-order chi connectivity index (χ1) is 8.20. The van der Waals surface area contributed by atoms with E-state index in [4.69, 9.17) is 5.73 Å². The number of hydrogen-bond donors (Lipinski definition) is 1. The van der Waals surface area contributed by atoms with Crippen LogP contribution in [0.5, 0.6) is 0 Å². The Labute approximate surface area is 103 Å². The second-order valence-electron chi connectivity index (χ2n) is 4.91. The molecule has 0 saturated carbocycles. The van der Waals surface area contributed by atoms with E-state index in [1.54, 1.807) is 0 Å². The van der Waals surface area contributed by atoms with Crippen LogP contribution in [-0.4, -0.2) is 29.6 Å². The monoisotopic (exact) mass is 234 g/mol. The van der Waals surface area contributed by atoms with Crippen molar-refractivity contribution in [2.75, 3.05) is 24.5 Å². The number of piperidine rings is 1. The number of rotatable bonds is 3. The number of aryl methyl sites for hydroxylation is 2. The summed E-state index contributed by atoms with van der Waals surface area (Å²) in [5.41, 5.74) is 7.66. The molecular formula is C13H22N4.